The molecule has 10 heteroatoms. The molecular weight excluding hydrogens is 484 g/mol. The summed E-state index contributed by atoms with van der Waals surface area (Å²) in [6, 6.07) is 0. The van der Waals surface area contributed by atoms with Crippen LogP contribution in [0.5, 0.6) is 0 Å². The minimum absolute atomic E-state index is 0.0554. The molecule has 4 aliphatic carbocycles. The van der Waals surface area contributed by atoms with Gasteiger partial charge in [-0.15, -0.1) is 0 Å². The van der Waals surface area contributed by atoms with Crippen molar-refractivity contribution < 1.29 is 49.7 Å². The minimum Gasteiger partial charge on any atom is -0.479 e. The standard InChI is InChI=1S/C27H42O10/c1-26-8-7-13(36-25-22(33)20(31)21(32)23(37-25)24(34)35)9-12(26)3-4-14-15-5-6-16(18(30)11-28)27(15,2)10-17(29)19(14)26/h12-16,18-23,25,28,30-33H,3-11H2,1-2H3,(H,34,35)/t12-,13+,14-,15-,16+,18-,19+,20+,21-,22+,23-,25+,26-,27-/m0/s1. The number of hydrogen-bond acceptors (Lipinski definition) is 9. The molecular formula is C27H42O10. The average Bonchev–Trinajstić information content (AvgIpc) is 3.19. The summed E-state index contributed by atoms with van der Waals surface area (Å²) in [5.41, 5.74) is -0.481. The highest BCUT2D eigenvalue weighted by molar-refractivity contribution is 5.84. The fourth-order valence-corrected chi connectivity index (χ4v) is 9.31. The van der Waals surface area contributed by atoms with Crippen molar-refractivity contribution >= 4 is 11.8 Å². The first kappa shape index (κ1) is 27.4. The molecule has 0 aromatic heterocycles. The molecule has 37 heavy (non-hydrogen) atoms. The largest absolute Gasteiger partial charge is 0.479 e. The molecule has 0 amide bonds. The highest BCUT2D eigenvalue weighted by Gasteiger charge is 2.64. The fourth-order valence-electron chi connectivity index (χ4n) is 9.31. The first-order chi connectivity index (χ1) is 17.4. The second-order valence-electron chi connectivity index (χ2n) is 12.9. The van der Waals surface area contributed by atoms with Gasteiger partial charge in [-0.3, -0.25) is 4.79 Å². The molecule has 6 N–H and O–H groups in total. The molecule has 5 aliphatic rings. The topological polar surface area (TPSA) is 174 Å². The quantitative estimate of drug-likeness (QED) is 0.276. The molecule has 14 atom stereocenters. The molecule has 1 saturated heterocycles. The van der Waals surface area contributed by atoms with E-state index < -0.39 is 42.8 Å². The Morgan fingerprint density at radius 1 is 1.05 bits per heavy atom. The zero-order chi connectivity index (χ0) is 26.9. The third kappa shape index (κ3) is 4.27. The minimum atomic E-state index is -1.76. The lowest BCUT2D eigenvalue weighted by molar-refractivity contribution is -0.309. The summed E-state index contributed by atoms with van der Waals surface area (Å²) >= 11 is 0. The van der Waals surface area contributed by atoms with E-state index in [-0.39, 0.29) is 53.0 Å². The number of hydrogen-bond donors (Lipinski definition) is 6. The van der Waals surface area contributed by atoms with Crippen LogP contribution in [0, 0.1) is 40.4 Å². The molecule has 1 aliphatic heterocycles. The van der Waals surface area contributed by atoms with E-state index in [2.05, 4.69) is 13.8 Å². The van der Waals surface area contributed by atoms with Gasteiger partial charge in [0.15, 0.2) is 12.4 Å². The van der Waals surface area contributed by atoms with Crippen molar-refractivity contribution in [3.8, 4) is 0 Å². The van der Waals surface area contributed by atoms with Crippen LogP contribution in [-0.4, -0.2) is 91.9 Å². The number of Topliss-reactive ketones (excluding diaryl/α,β-unsaturated/α-hetero) is 1. The number of carboxylic acid groups (broad SMARTS) is 1. The van der Waals surface area contributed by atoms with Gasteiger partial charge in [0.1, 0.15) is 24.1 Å². The summed E-state index contributed by atoms with van der Waals surface area (Å²) in [7, 11) is 0. The van der Waals surface area contributed by atoms with Gasteiger partial charge in [0.25, 0.3) is 0 Å². The Labute approximate surface area is 217 Å². The summed E-state index contributed by atoms with van der Waals surface area (Å²) in [6.07, 6.45) is -3.13. The summed E-state index contributed by atoms with van der Waals surface area (Å²) in [5, 5.41) is 59.8. The maximum absolute atomic E-state index is 13.8. The van der Waals surface area contributed by atoms with Gasteiger partial charge in [-0.25, -0.2) is 4.79 Å². The van der Waals surface area contributed by atoms with Crippen molar-refractivity contribution in [3.63, 3.8) is 0 Å². The average molecular weight is 527 g/mol. The highest BCUT2D eigenvalue weighted by Crippen LogP contribution is 2.67. The first-order valence-electron chi connectivity index (χ1n) is 13.8. The van der Waals surface area contributed by atoms with E-state index in [0.717, 1.165) is 32.1 Å². The number of carbonyl (C=O) groups excluding carboxylic acids is 1. The highest BCUT2D eigenvalue weighted by atomic mass is 16.7. The Balaban J connectivity index is 1.29. The molecule has 0 radical (unpaired) electrons. The van der Waals surface area contributed by atoms with E-state index >= 15 is 0 Å². The summed E-state index contributed by atoms with van der Waals surface area (Å²) < 4.78 is 11.3. The predicted octanol–water partition coefficient (Wildman–Crippen LogP) is 0.455. The monoisotopic (exact) mass is 526 g/mol. The van der Waals surface area contributed by atoms with Gasteiger partial charge >= 0.3 is 5.97 Å². The summed E-state index contributed by atoms with van der Waals surface area (Å²) in [4.78, 5) is 25.2. The van der Waals surface area contributed by atoms with Crippen LogP contribution in [0.1, 0.15) is 65.2 Å². The number of carboxylic acids is 1. The van der Waals surface area contributed by atoms with Crippen LogP contribution in [0.3, 0.4) is 0 Å². The van der Waals surface area contributed by atoms with E-state index in [1.54, 1.807) is 0 Å². The molecule has 10 nitrogen and oxygen atoms in total. The lowest BCUT2D eigenvalue weighted by atomic mass is 9.44. The number of aliphatic hydroxyl groups is 5. The molecule has 0 spiro atoms. The number of aliphatic hydroxyl groups excluding tert-OH is 5. The van der Waals surface area contributed by atoms with Crippen molar-refractivity contribution in [1.82, 2.24) is 0 Å². The molecule has 0 unspecified atom stereocenters. The molecule has 0 aromatic rings. The Bertz CT molecular complexity index is 896. The molecule has 0 aromatic carbocycles. The fraction of sp³-hybridized carbons (Fsp3) is 0.926. The van der Waals surface area contributed by atoms with Gasteiger partial charge < -0.3 is 40.1 Å². The maximum atomic E-state index is 13.8. The van der Waals surface area contributed by atoms with Crippen molar-refractivity contribution in [2.75, 3.05) is 6.61 Å². The van der Waals surface area contributed by atoms with Crippen LogP contribution in [0.4, 0.5) is 0 Å². The van der Waals surface area contributed by atoms with Crippen LogP contribution in [0.15, 0.2) is 0 Å². The van der Waals surface area contributed by atoms with Crippen LogP contribution >= 0.6 is 0 Å². The third-order valence-electron chi connectivity index (χ3n) is 11.2. The zero-order valence-electron chi connectivity index (χ0n) is 21.6. The van der Waals surface area contributed by atoms with Gasteiger partial charge in [0.05, 0.1) is 18.8 Å². The van der Waals surface area contributed by atoms with Gasteiger partial charge in [0, 0.05) is 12.3 Å². The van der Waals surface area contributed by atoms with E-state index in [9.17, 15) is 40.2 Å². The lowest BCUT2D eigenvalue weighted by Crippen LogP contribution is -2.61. The smallest absolute Gasteiger partial charge is 0.335 e. The zero-order valence-corrected chi connectivity index (χ0v) is 21.6. The molecule has 0 bridgehead atoms. The van der Waals surface area contributed by atoms with E-state index in [0.29, 0.717) is 25.2 Å². The van der Waals surface area contributed by atoms with E-state index in [1.807, 2.05) is 0 Å². The number of aliphatic carboxylic acids is 1. The van der Waals surface area contributed by atoms with Crippen molar-refractivity contribution in [3.05, 3.63) is 0 Å². The second kappa shape index (κ2) is 9.80. The van der Waals surface area contributed by atoms with Gasteiger partial charge in [-0.05, 0) is 79.4 Å². The number of rotatable bonds is 5. The second-order valence-corrected chi connectivity index (χ2v) is 12.9. The predicted molar refractivity (Wildman–Crippen MR) is 128 cm³/mol. The van der Waals surface area contributed by atoms with Gasteiger partial charge in [-0.1, -0.05) is 13.8 Å². The lowest BCUT2D eigenvalue weighted by Gasteiger charge is -2.60. The number of carbonyl (C=O) groups is 2. The molecule has 5 fully saturated rings. The SMILES string of the molecule is C[C@]12CC[C@@H](O[C@@H]3O[C@H](C(=O)O)[C@@H](O)[C@@H](O)[C@H]3O)C[C@@H]1CC[C@H]1[C@@H]3CC[C@H]([C@@H](O)CO)[C@@]3(C)CC(=O)[C@@H]12. The molecule has 1 heterocycles. The van der Waals surface area contributed by atoms with Crippen LogP contribution in [-0.2, 0) is 19.1 Å². The number of ketones is 1. The van der Waals surface area contributed by atoms with E-state index in [4.69, 9.17) is 9.47 Å². The van der Waals surface area contributed by atoms with Crippen molar-refractivity contribution in [1.29, 1.82) is 0 Å². The number of fused-ring (bicyclic) bond motifs is 5. The Morgan fingerprint density at radius 3 is 2.46 bits per heavy atom. The first-order valence-corrected chi connectivity index (χ1v) is 13.8. The summed E-state index contributed by atoms with van der Waals surface area (Å²) in [6.45, 7) is 4.07. The maximum Gasteiger partial charge on any atom is 0.335 e. The Kier molecular flexibility index (Phi) is 7.26. The Hall–Kier alpha value is -1.14. The number of ether oxygens (including phenoxy) is 2. The van der Waals surface area contributed by atoms with Crippen LogP contribution in [0.25, 0.3) is 0 Å². The third-order valence-corrected chi connectivity index (χ3v) is 11.2. The Morgan fingerprint density at radius 2 is 1.78 bits per heavy atom. The molecule has 210 valence electrons. The van der Waals surface area contributed by atoms with Crippen molar-refractivity contribution in [2.24, 2.45) is 40.4 Å². The molecule has 5 rings (SSSR count). The van der Waals surface area contributed by atoms with Gasteiger partial charge in [-0.2, -0.15) is 0 Å². The normalized spacial score (nSPS) is 52.6. The van der Waals surface area contributed by atoms with E-state index in [1.165, 1.54) is 0 Å². The summed E-state index contributed by atoms with van der Waals surface area (Å²) in [5.74, 6) is -0.470. The van der Waals surface area contributed by atoms with Crippen LogP contribution in [0.2, 0.25) is 0 Å². The van der Waals surface area contributed by atoms with Crippen molar-refractivity contribution in [2.45, 2.75) is 108 Å². The van der Waals surface area contributed by atoms with Gasteiger partial charge in [0.2, 0.25) is 0 Å². The van der Waals surface area contributed by atoms with Crippen LogP contribution < -0.4 is 0 Å². The molecule has 4 saturated carbocycles.